The van der Waals surface area contributed by atoms with E-state index >= 15 is 0 Å². The van der Waals surface area contributed by atoms with E-state index in [2.05, 4.69) is 28.8 Å². The third-order valence-electron chi connectivity index (χ3n) is 5.71. The minimum absolute atomic E-state index is 0.190. The molecular weight excluding hydrogens is 408 g/mol. The van der Waals surface area contributed by atoms with Gasteiger partial charge in [0, 0.05) is 23.4 Å². The lowest BCUT2D eigenvalue weighted by molar-refractivity contribution is 0.0949. The van der Waals surface area contributed by atoms with Crippen LogP contribution in [0.25, 0.3) is 21.5 Å². The average molecular weight is 431 g/mol. The van der Waals surface area contributed by atoms with Gasteiger partial charge in [0.05, 0.1) is 0 Å². The molecule has 5 rings (SSSR count). The van der Waals surface area contributed by atoms with Gasteiger partial charge in [-0.1, -0.05) is 78.9 Å². The van der Waals surface area contributed by atoms with Crippen LogP contribution in [-0.2, 0) is 6.54 Å². The predicted octanol–water partition coefficient (Wildman–Crippen LogP) is 6.18. The van der Waals surface area contributed by atoms with Crippen molar-refractivity contribution in [3.8, 4) is 0 Å². The van der Waals surface area contributed by atoms with Crippen LogP contribution in [-0.4, -0.2) is 11.8 Å². The maximum absolute atomic E-state index is 12.8. The molecule has 4 nitrogen and oxygen atoms in total. The Labute approximate surface area is 191 Å². The zero-order valence-electron chi connectivity index (χ0n) is 17.9. The molecule has 0 bridgehead atoms. The van der Waals surface area contributed by atoms with E-state index in [1.54, 1.807) is 30.3 Å². The molecule has 5 aromatic rings. The monoisotopic (exact) mass is 430 g/mol. The van der Waals surface area contributed by atoms with Gasteiger partial charge in [0.15, 0.2) is 0 Å². The van der Waals surface area contributed by atoms with E-state index in [4.69, 9.17) is 0 Å². The number of carbonyl (C=O) groups is 2. The molecule has 0 heterocycles. The summed E-state index contributed by atoms with van der Waals surface area (Å²) in [7, 11) is 0. The number of hydrogen-bond acceptors (Lipinski definition) is 2. The molecule has 0 aliphatic rings. The molecule has 0 saturated heterocycles. The van der Waals surface area contributed by atoms with Crippen molar-refractivity contribution < 1.29 is 9.59 Å². The molecule has 5 aromatic carbocycles. The van der Waals surface area contributed by atoms with E-state index in [-0.39, 0.29) is 11.8 Å². The largest absolute Gasteiger partial charge is 0.348 e. The van der Waals surface area contributed by atoms with Crippen molar-refractivity contribution in [3.05, 3.63) is 126 Å². The summed E-state index contributed by atoms with van der Waals surface area (Å²) in [5.41, 5.74) is 2.69. The first kappa shape index (κ1) is 20.5. The number of nitrogens with one attached hydrogen (secondary N) is 2. The molecule has 2 amide bonds. The van der Waals surface area contributed by atoms with Gasteiger partial charge in [-0.25, -0.2) is 0 Å². The van der Waals surface area contributed by atoms with Crippen LogP contribution in [0.5, 0.6) is 0 Å². The second-order valence-electron chi connectivity index (χ2n) is 7.92. The Morgan fingerprint density at radius 2 is 1.27 bits per heavy atom. The highest BCUT2D eigenvalue weighted by Crippen LogP contribution is 2.20. The zero-order chi connectivity index (χ0) is 22.6. The zero-order valence-corrected chi connectivity index (χ0v) is 17.9. The molecule has 2 N–H and O–H groups in total. The summed E-state index contributed by atoms with van der Waals surface area (Å²) in [4.78, 5) is 25.5. The molecule has 0 aliphatic heterocycles. The predicted molar refractivity (Wildman–Crippen MR) is 133 cm³/mol. The molecular formula is C29H22N2O2. The Kier molecular flexibility index (Phi) is 5.56. The lowest BCUT2D eigenvalue weighted by atomic mass is 10.0. The third-order valence-corrected chi connectivity index (χ3v) is 5.71. The van der Waals surface area contributed by atoms with Crippen LogP contribution in [0.4, 0.5) is 5.69 Å². The van der Waals surface area contributed by atoms with Crippen molar-refractivity contribution in [2.75, 3.05) is 5.32 Å². The topological polar surface area (TPSA) is 58.2 Å². The maximum atomic E-state index is 12.8. The molecule has 0 unspecified atom stereocenters. The van der Waals surface area contributed by atoms with Gasteiger partial charge >= 0.3 is 0 Å². The van der Waals surface area contributed by atoms with Crippen LogP contribution >= 0.6 is 0 Å². The summed E-state index contributed by atoms with van der Waals surface area (Å²) in [6.45, 7) is 0.424. The van der Waals surface area contributed by atoms with E-state index < -0.39 is 0 Å². The first-order chi connectivity index (χ1) is 16.2. The van der Waals surface area contributed by atoms with Gasteiger partial charge in [-0.3, -0.25) is 9.59 Å². The van der Waals surface area contributed by atoms with Crippen molar-refractivity contribution in [1.82, 2.24) is 5.32 Å². The Morgan fingerprint density at radius 3 is 2.15 bits per heavy atom. The van der Waals surface area contributed by atoms with Crippen molar-refractivity contribution in [2.45, 2.75) is 6.54 Å². The highest BCUT2D eigenvalue weighted by atomic mass is 16.2. The Morgan fingerprint density at radius 1 is 0.576 bits per heavy atom. The molecule has 0 atom stereocenters. The lowest BCUT2D eigenvalue weighted by Crippen LogP contribution is -2.23. The molecule has 33 heavy (non-hydrogen) atoms. The van der Waals surface area contributed by atoms with Gasteiger partial charge < -0.3 is 10.6 Å². The van der Waals surface area contributed by atoms with E-state index in [0.29, 0.717) is 23.4 Å². The van der Waals surface area contributed by atoms with Crippen LogP contribution in [0.15, 0.2) is 109 Å². The van der Waals surface area contributed by atoms with Gasteiger partial charge in [0.1, 0.15) is 0 Å². The quantitative estimate of drug-likeness (QED) is 0.350. The van der Waals surface area contributed by atoms with Crippen LogP contribution in [0.2, 0.25) is 0 Å². The first-order valence-corrected chi connectivity index (χ1v) is 10.8. The Balaban J connectivity index is 1.29. The SMILES string of the molecule is O=C(NCc1cccc2ccccc12)c1cccc(NC(=O)c2ccc3ccccc3c2)c1. The smallest absolute Gasteiger partial charge is 0.255 e. The average Bonchev–Trinajstić information content (AvgIpc) is 2.87. The second-order valence-corrected chi connectivity index (χ2v) is 7.92. The van der Waals surface area contributed by atoms with Crippen molar-refractivity contribution in [3.63, 3.8) is 0 Å². The van der Waals surface area contributed by atoms with Crippen LogP contribution in [0.1, 0.15) is 26.3 Å². The molecule has 0 aromatic heterocycles. The van der Waals surface area contributed by atoms with Gasteiger partial charge in [-0.2, -0.15) is 0 Å². The van der Waals surface area contributed by atoms with E-state index in [1.807, 2.05) is 60.7 Å². The second kappa shape index (κ2) is 8.97. The fourth-order valence-corrected chi connectivity index (χ4v) is 4.00. The fraction of sp³-hybridized carbons (Fsp3) is 0.0345. The number of anilines is 1. The fourth-order valence-electron chi connectivity index (χ4n) is 4.00. The van der Waals surface area contributed by atoms with Crippen molar-refractivity contribution in [2.24, 2.45) is 0 Å². The number of benzene rings is 5. The van der Waals surface area contributed by atoms with Crippen molar-refractivity contribution in [1.29, 1.82) is 0 Å². The van der Waals surface area contributed by atoms with Crippen molar-refractivity contribution >= 4 is 39.0 Å². The van der Waals surface area contributed by atoms with Gasteiger partial charge in [-0.15, -0.1) is 0 Å². The highest BCUT2D eigenvalue weighted by Gasteiger charge is 2.11. The van der Waals surface area contributed by atoms with Gasteiger partial charge in [0.25, 0.3) is 11.8 Å². The van der Waals surface area contributed by atoms with Gasteiger partial charge in [0.2, 0.25) is 0 Å². The number of hydrogen-bond donors (Lipinski definition) is 2. The van der Waals surface area contributed by atoms with E-state index in [1.165, 1.54) is 0 Å². The van der Waals surface area contributed by atoms with Crippen LogP contribution in [0, 0.1) is 0 Å². The molecule has 4 heteroatoms. The molecule has 0 spiro atoms. The normalized spacial score (nSPS) is 10.8. The summed E-state index contributed by atoms with van der Waals surface area (Å²) in [5.74, 6) is -0.404. The molecule has 0 radical (unpaired) electrons. The number of amides is 2. The van der Waals surface area contributed by atoms with Crippen LogP contribution in [0.3, 0.4) is 0 Å². The minimum Gasteiger partial charge on any atom is -0.348 e. The molecule has 160 valence electrons. The van der Waals surface area contributed by atoms with Crippen LogP contribution < -0.4 is 10.6 Å². The summed E-state index contributed by atoms with van der Waals surface area (Å²) in [6.07, 6.45) is 0. The minimum atomic E-state index is -0.214. The van der Waals surface area contributed by atoms with E-state index in [0.717, 1.165) is 27.1 Å². The lowest BCUT2D eigenvalue weighted by Gasteiger charge is -2.10. The molecule has 0 fully saturated rings. The first-order valence-electron chi connectivity index (χ1n) is 10.8. The Hall–Kier alpha value is -4.44. The third kappa shape index (κ3) is 4.46. The number of carbonyl (C=O) groups excluding carboxylic acids is 2. The Bertz CT molecular complexity index is 1480. The number of fused-ring (bicyclic) bond motifs is 2. The van der Waals surface area contributed by atoms with Gasteiger partial charge in [-0.05, 0) is 57.4 Å². The number of rotatable bonds is 5. The summed E-state index contributed by atoms with van der Waals surface area (Å²) < 4.78 is 0. The van der Waals surface area contributed by atoms with E-state index in [9.17, 15) is 9.59 Å². The maximum Gasteiger partial charge on any atom is 0.255 e. The molecule has 0 saturated carbocycles. The highest BCUT2D eigenvalue weighted by molar-refractivity contribution is 6.07. The summed E-state index contributed by atoms with van der Waals surface area (Å²) in [6, 6.07) is 34.7. The molecule has 0 aliphatic carbocycles. The summed E-state index contributed by atoms with van der Waals surface area (Å²) in [5, 5.41) is 10.2. The standard InChI is InChI=1S/C29H22N2O2/c32-28(30-19-25-12-5-10-21-8-3-4-14-27(21)25)23-11-6-13-26(18-23)31-29(33)24-16-15-20-7-1-2-9-22(20)17-24/h1-18H,19H2,(H,30,32)(H,31,33). The summed E-state index contributed by atoms with van der Waals surface area (Å²) >= 11 is 0.